The van der Waals surface area contributed by atoms with Gasteiger partial charge in [0.1, 0.15) is 5.75 Å². The van der Waals surface area contributed by atoms with Gasteiger partial charge >= 0.3 is 5.97 Å². The van der Waals surface area contributed by atoms with E-state index in [1.807, 2.05) is 48.7 Å². The molecular weight excluding hydrogens is 442 g/mol. The van der Waals surface area contributed by atoms with Crippen LogP contribution in [0.25, 0.3) is 0 Å². The molecule has 0 aromatic heterocycles. The lowest BCUT2D eigenvalue weighted by atomic mass is 9.94. The van der Waals surface area contributed by atoms with E-state index in [4.69, 9.17) is 9.47 Å². The van der Waals surface area contributed by atoms with Gasteiger partial charge in [0.2, 0.25) is 0 Å². The van der Waals surface area contributed by atoms with E-state index in [1.54, 1.807) is 0 Å². The number of hydrogen-bond donors (Lipinski definition) is 1. The van der Waals surface area contributed by atoms with Gasteiger partial charge in [-0.05, 0) is 61.4 Å². The Labute approximate surface area is 207 Å². The van der Waals surface area contributed by atoms with Gasteiger partial charge in [0, 0.05) is 36.3 Å². The van der Waals surface area contributed by atoms with E-state index in [0.29, 0.717) is 30.9 Å². The maximum Gasteiger partial charge on any atom is 0.306 e. The lowest BCUT2D eigenvalue weighted by Gasteiger charge is -2.25. The molecule has 2 aliphatic heterocycles. The molecule has 1 saturated heterocycles. The topological polar surface area (TPSA) is 80.2 Å². The predicted molar refractivity (Wildman–Crippen MR) is 137 cm³/mol. The molecule has 0 radical (unpaired) electrons. The SMILES string of the molecule is CCCCOC(=O)CC1COc2cc(NC(=O)c3ccc(C=NN4CCCCC4)cc3)ccc2C1. The van der Waals surface area contributed by atoms with Crippen LogP contribution in [-0.4, -0.2) is 49.4 Å². The summed E-state index contributed by atoms with van der Waals surface area (Å²) in [7, 11) is 0. The monoisotopic (exact) mass is 477 g/mol. The zero-order valence-corrected chi connectivity index (χ0v) is 20.5. The number of amides is 1. The number of fused-ring (bicyclic) bond motifs is 1. The summed E-state index contributed by atoms with van der Waals surface area (Å²) in [5, 5.41) is 9.59. The van der Waals surface area contributed by atoms with Crippen molar-refractivity contribution < 1.29 is 19.1 Å². The molecule has 2 aliphatic rings. The van der Waals surface area contributed by atoms with Crippen molar-refractivity contribution in [2.24, 2.45) is 11.0 Å². The summed E-state index contributed by atoms with van der Waals surface area (Å²) in [6.45, 7) is 5.03. The number of piperidine rings is 1. The van der Waals surface area contributed by atoms with E-state index in [-0.39, 0.29) is 17.8 Å². The fraction of sp³-hybridized carbons (Fsp3) is 0.464. The fourth-order valence-corrected chi connectivity index (χ4v) is 4.33. The number of hydrogen-bond acceptors (Lipinski definition) is 6. The van der Waals surface area contributed by atoms with Gasteiger partial charge in [-0.15, -0.1) is 0 Å². The smallest absolute Gasteiger partial charge is 0.306 e. The molecule has 1 unspecified atom stereocenters. The van der Waals surface area contributed by atoms with E-state index >= 15 is 0 Å². The van der Waals surface area contributed by atoms with Crippen molar-refractivity contribution in [2.75, 3.05) is 31.6 Å². The van der Waals surface area contributed by atoms with Gasteiger partial charge < -0.3 is 14.8 Å². The average molecular weight is 478 g/mol. The first kappa shape index (κ1) is 24.8. The van der Waals surface area contributed by atoms with Crippen molar-refractivity contribution in [3.05, 3.63) is 59.2 Å². The Bertz CT molecular complexity index is 1030. The fourth-order valence-electron chi connectivity index (χ4n) is 4.33. The normalized spacial score (nSPS) is 17.5. The van der Waals surface area contributed by atoms with Crippen LogP contribution in [-0.2, 0) is 16.0 Å². The van der Waals surface area contributed by atoms with E-state index < -0.39 is 0 Å². The Hall–Kier alpha value is -3.35. The molecule has 1 N–H and O–H groups in total. The van der Waals surface area contributed by atoms with Gasteiger partial charge in [-0.2, -0.15) is 5.10 Å². The van der Waals surface area contributed by atoms with Gasteiger partial charge in [-0.25, -0.2) is 0 Å². The number of rotatable bonds is 9. The molecule has 35 heavy (non-hydrogen) atoms. The molecule has 186 valence electrons. The molecule has 0 aliphatic carbocycles. The molecule has 1 fully saturated rings. The summed E-state index contributed by atoms with van der Waals surface area (Å²) in [4.78, 5) is 24.7. The number of carbonyl (C=O) groups excluding carboxylic acids is 2. The van der Waals surface area contributed by atoms with Gasteiger partial charge in [0.15, 0.2) is 0 Å². The minimum atomic E-state index is -0.173. The van der Waals surface area contributed by atoms with E-state index in [1.165, 1.54) is 19.3 Å². The van der Waals surface area contributed by atoms with Crippen LogP contribution in [0.15, 0.2) is 47.6 Å². The summed E-state index contributed by atoms with van der Waals surface area (Å²) in [6.07, 6.45) is 8.53. The van der Waals surface area contributed by atoms with Crippen LogP contribution < -0.4 is 10.1 Å². The van der Waals surface area contributed by atoms with Gasteiger partial charge in [0.25, 0.3) is 5.91 Å². The second kappa shape index (κ2) is 12.4. The lowest BCUT2D eigenvalue weighted by Crippen LogP contribution is -2.24. The predicted octanol–water partition coefficient (Wildman–Crippen LogP) is 5.04. The molecule has 1 amide bonds. The number of hydrazone groups is 1. The van der Waals surface area contributed by atoms with Gasteiger partial charge in [-0.3, -0.25) is 14.6 Å². The number of anilines is 1. The summed E-state index contributed by atoms with van der Waals surface area (Å²) < 4.78 is 11.2. The minimum Gasteiger partial charge on any atom is -0.493 e. The van der Waals surface area contributed by atoms with E-state index in [9.17, 15) is 9.59 Å². The lowest BCUT2D eigenvalue weighted by molar-refractivity contribution is -0.145. The van der Waals surface area contributed by atoms with Gasteiger partial charge in [-0.1, -0.05) is 31.5 Å². The summed E-state index contributed by atoms with van der Waals surface area (Å²) in [5.74, 6) is 0.521. The quantitative estimate of drug-likeness (QED) is 0.311. The summed E-state index contributed by atoms with van der Waals surface area (Å²) in [5.41, 5.74) is 3.28. The van der Waals surface area contributed by atoms with Crippen LogP contribution in [0.1, 0.15) is 66.9 Å². The van der Waals surface area contributed by atoms with Crippen LogP contribution in [0.2, 0.25) is 0 Å². The average Bonchev–Trinajstić information content (AvgIpc) is 2.88. The van der Waals surface area contributed by atoms with Crippen LogP contribution in [0.3, 0.4) is 0 Å². The van der Waals surface area contributed by atoms with E-state index in [2.05, 4.69) is 22.4 Å². The summed E-state index contributed by atoms with van der Waals surface area (Å²) in [6, 6.07) is 13.1. The Morgan fingerprint density at radius 3 is 2.71 bits per heavy atom. The van der Waals surface area contributed by atoms with Crippen LogP contribution in [0.4, 0.5) is 5.69 Å². The maximum atomic E-state index is 12.7. The van der Waals surface area contributed by atoms with Crippen molar-refractivity contribution in [1.29, 1.82) is 0 Å². The van der Waals surface area contributed by atoms with Crippen molar-refractivity contribution in [1.82, 2.24) is 5.01 Å². The Kier molecular flexibility index (Phi) is 8.76. The highest BCUT2D eigenvalue weighted by atomic mass is 16.5. The highest BCUT2D eigenvalue weighted by molar-refractivity contribution is 6.04. The third kappa shape index (κ3) is 7.31. The molecule has 2 aromatic carbocycles. The number of carbonyl (C=O) groups is 2. The molecule has 2 heterocycles. The molecule has 0 saturated carbocycles. The number of esters is 1. The number of nitrogens with one attached hydrogen (secondary N) is 1. The zero-order chi connectivity index (χ0) is 24.5. The maximum absolute atomic E-state index is 12.7. The van der Waals surface area contributed by atoms with Crippen LogP contribution in [0.5, 0.6) is 5.75 Å². The van der Waals surface area contributed by atoms with Crippen molar-refractivity contribution in [2.45, 2.75) is 51.9 Å². The zero-order valence-electron chi connectivity index (χ0n) is 20.5. The highest BCUT2D eigenvalue weighted by Gasteiger charge is 2.23. The third-order valence-electron chi connectivity index (χ3n) is 6.40. The molecule has 7 nitrogen and oxygen atoms in total. The standard InChI is InChI=1S/C28H35N3O4/c1-2-3-15-34-27(32)17-22-16-24-11-12-25(18-26(24)35-20-22)30-28(33)23-9-7-21(8-10-23)19-29-31-13-5-4-6-14-31/h7-12,18-19,22H,2-6,13-17,20H2,1H3,(H,30,33). The second-order valence-electron chi connectivity index (χ2n) is 9.32. The molecule has 7 heteroatoms. The minimum absolute atomic E-state index is 0.106. The second-order valence-corrected chi connectivity index (χ2v) is 9.32. The first-order chi connectivity index (χ1) is 17.1. The van der Waals surface area contributed by atoms with Crippen molar-refractivity contribution in [3.8, 4) is 5.75 Å². The number of ether oxygens (including phenoxy) is 2. The molecule has 4 rings (SSSR count). The molecule has 0 bridgehead atoms. The first-order valence-corrected chi connectivity index (χ1v) is 12.7. The first-order valence-electron chi connectivity index (χ1n) is 12.7. The Balaban J connectivity index is 1.28. The number of nitrogens with zero attached hydrogens (tertiary/aromatic N) is 2. The molecular formula is C28H35N3O4. The highest BCUT2D eigenvalue weighted by Crippen LogP contribution is 2.31. The van der Waals surface area contributed by atoms with Gasteiger partial charge in [0.05, 0.1) is 25.8 Å². The van der Waals surface area contributed by atoms with Crippen LogP contribution >= 0.6 is 0 Å². The summed E-state index contributed by atoms with van der Waals surface area (Å²) >= 11 is 0. The Morgan fingerprint density at radius 1 is 1.14 bits per heavy atom. The molecule has 2 aromatic rings. The molecule has 0 spiro atoms. The largest absolute Gasteiger partial charge is 0.493 e. The third-order valence-corrected chi connectivity index (χ3v) is 6.40. The Morgan fingerprint density at radius 2 is 1.94 bits per heavy atom. The van der Waals surface area contributed by atoms with E-state index in [0.717, 1.165) is 49.2 Å². The molecule has 1 atom stereocenters. The van der Waals surface area contributed by atoms with Crippen molar-refractivity contribution in [3.63, 3.8) is 0 Å². The van der Waals surface area contributed by atoms with Crippen LogP contribution in [0, 0.1) is 5.92 Å². The number of unbranched alkanes of at least 4 members (excludes halogenated alkanes) is 1. The van der Waals surface area contributed by atoms with Crippen molar-refractivity contribution >= 4 is 23.8 Å². The number of benzene rings is 2.